The molecule has 8 nitrogen and oxygen atoms in total. The Hall–Kier alpha value is -2.86. The number of pyridine rings is 2. The maximum atomic E-state index is 9.85. The van der Waals surface area contributed by atoms with Crippen LogP contribution < -0.4 is 15.4 Å². The van der Waals surface area contributed by atoms with E-state index in [0.717, 1.165) is 24.5 Å². The molecule has 3 atom stereocenters. The first-order valence-corrected chi connectivity index (χ1v) is 10.1. The largest absolute Gasteiger partial charge is 0.489 e. The summed E-state index contributed by atoms with van der Waals surface area (Å²) in [6, 6.07) is 10.1. The van der Waals surface area contributed by atoms with Crippen molar-refractivity contribution >= 4 is 23.7 Å². The molecule has 1 saturated heterocycles. The summed E-state index contributed by atoms with van der Waals surface area (Å²) in [6.45, 7) is 5.45. The SMILES string of the molecule is CC(C)(O)COc1ccc2c(C#N)c(-c3ccc(N4C[C@@H]5C(N)[C@@H]5C4)nc3)nn2c1.Cl. The number of ether oxygens (including phenoxy) is 1. The molecule has 2 fully saturated rings. The highest BCUT2D eigenvalue weighted by molar-refractivity contribution is 5.85. The topological polar surface area (TPSA) is 113 Å². The zero-order valence-electron chi connectivity index (χ0n) is 17.4. The quantitative estimate of drug-likeness (QED) is 0.625. The van der Waals surface area contributed by atoms with Crippen molar-refractivity contribution in [2.75, 3.05) is 24.6 Å². The first-order chi connectivity index (χ1) is 14.3. The van der Waals surface area contributed by atoms with Gasteiger partial charge in [-0.25, -0.2) is 9.50 Å². The standard InChI is InChI=1S/C22H24N6O2.ClH/c1-22(2,29)12-30-14-4-5-18-15(7-23)21(26-28(18)9-14)13-3-6-19(25-8-13)27-10-16-17(11-27)20(16)24;/h3-6,8-9,16-17,20,29H,10-12,24H2,1-2H3;1H/t16-,17+,20?;. The van der Waals surface area contributed by atoms with Crippen molar-refractivity contribution in [3.63, 3.8) is 0 Å². The van der Waals surface area contributed by atoms with Crippen LogP contribution in [-0.2, 0) is 0 Å². The maximum absolute atomic E-state index is 9.85. The minimum atomic E-state index is -0.934. The maximum Gasteiger partial charge on any atom is 0.137 e. The molecule has 0 bridgehead atoms. The average Bonchev–Trinajstić information content (AvgIpc) is 3.10. The highest BCUT2D eigenvalue weighted by Gasteiger charge is 2.53. The number of aliphatic hydroxyl groups is 1. The van der Waals surface area contributed by atoms with Gasteiger partial charge in [0.05, 0.1) is 17.3 Å². The molecule has 3 aromatic heterocycles. The Bertz CT molecular complexity index is 1140. The van der Waals surface area contributed by atoms with Crippen LogP contribution in [0.4, 0.5) is 5.82 Å². The predicted molar refractivity (Wildman–Crippen MR) is 119 cm³/mol. The number of hydrogen-bond donors (Lipinski definition) is 2. The van der Waals surface area contributed by atoms with Gasteiger partial charge in [0.15, 0.2) is 0 Å². The van der Waals surface area contributed by atoms with Crippen molar-refractivity contribution in [3.8, 4) is 23.1 Å². The van der Waals surface area contributed by atoms with Crippen LogP contribution >= 0.6 is 12.4 Å². The predicted octanol–water partition coefficient (Wildman–Crippen LogP) is 2.23. The Morgan fingerprint density at radius 2 is 2.00 bits per heavy atom. The van der Waals surface area contributed by atoms with Crippen molar-refractivity contribution in [1.29, 1.82) is 5.26 Å². The Morgan fingerprint density at radius 3 is 2.61 bits per heavy atom. The van der Waals surface area contributed by atoms with Gasteiger partial charge in [0.1, 0.15) is 35.5 Å². The van der Waals surface area contributed by atoms with Gasteiger partial charge in [-0.3, -0.25) is 0 Å². The third-order valence-electron chi connectivity index (χ3n) is 5.91. The number of nitrogens with two attached hydrogens (primary N) is 1. The molecule has 4 heterocycles. The van der Waals surface area contributed by atoms with Crippen LogP contribution in [0.5, 0.6) is 5.75 Å². The van der Waals surface area contributed by atoms with E-state index in [9.17, 15) is 10.4 Å². The zero-order chi connectivity index (χ0) is 21.0. The van der Waals surface area contributed by atoms with Gasteiger partial charge in [-0.05, 0) is 49.9 Å². The smallest absolute Gasteiger partial charge is 0.137 e. The van der Waals surface area contributed by atoms with Gasteiger partial charge in [-0.15, -0.1) is 12.4 Å². The molecule has 3 aromatic rings. The molecule has 5 rings (SSSR count). The summed E-state index contributed by atoms with van der Waals surface area (Å²) >= 11 is 0. The molecular formula is C22H25ClN6O2. The third-order valence-corrected chi connectivity index (χ3v) is 5.91. The molecule has 3 N–H and O–H groups in total. The number of nitrogens with zero attached hydrogens (tertiary/aromatic N) is 5. The lowest BCUT2D eigenvalue weighted by molar-refractivity contribution is 0.0283. The number of anilines is 1. The molecule has 1 unspecified atom stereocenters. The number of aromatic nitrogens is 3. The van der Waals surface area contributed by atoms with Crippen molar-refractivity contribution in [1.82, 2.24) is 14.6 Å². The molecule has 1 saturated carbocycles. The summed E-state index contributed by atoms with van der Waals surface area (Å²) in [6.07, 6.45) is 3.49. The fraction of sp³-hybridized carbons (Fsp3) is 0.409. The molecule has 31 heavy (non-hydrogen) atoms. The summed E-state index contributed by atoms with van der Waals surface area (Å²) in [5.74, 6) is 2.70. The minimum Gasteiger partial charge on any atom is -0.489 e. The number of halogens is 1. The van der Waals surface area contributed by atoms with Gasteiger partial charge >= 0.3 is 0 Å². The van der Waals surface area contributed by atoms with Gasteiger partial charge in [0.25, 0.3) is 0 Å². The van der Waals surface area contributed by atoms with Crippen LogP contribution in [0.1, 0.15) is 19.4 Å². The fourth-order valence-electron chi connectivity index (χ4n) is 4.16. The summed E-state index contributed by atoms with van der Waals surface area (Å²) < 4.78 is 7.27. The molecule has 0 aromatic carbocycles. The lowest BCUT2D eigenvalue weighted by Gasteiger charge is -2.20. The van der Waals surface area contributed by atoms with Crippen molar-refractivity contribution in [2.45, 2.75) is 25.5 Å². The van der Waals surface area contributed by atoms with Gasteiger partial charge in [-0.1, -0.05) is 0 Å². The van der Waals surface area contributed by atoms with E-state index in [-0.39, 0.29) is 19.0 Å². The van der Waals surface area contributed by atoms with E-state index in [4.69, 9.17) is 10.5 Å². The van der Waals surface area contributed by atoms with Gasteiger partial charge in [0.2, 0.25) is 0 Å². The molecular weight excluding hydrogens is 416 g/mol. The van der Waals surface area contributed by atoms with E-state index in [1.54, 1.807) is 42.9 Å². The normalized spacial score (nSPS) is 22.0. The van der Waals surface area contributed by atoms with Gasteiger partial charge in [0, 0.05) is 30.9 Å². The van der Waals surface area contributed by atoms with Crippen LogP contribution in [0.15, 0.2) is 36.7 Å². The summed E-state index contributed by atoms with van der Waals surface area (Å²) in [7, 11) is 0. The second kappa shape index (κ2) is 7.68. The minimum absolute atomic E-state index is 0. The lowest BCUT2D eigenvalue weighted by Crippen LogP contribution is -2.28. The van der Waals surface area contributed by atoms with E-state index in [1.807, 2.05) is 12.1 Å². The first-order valence-electron chi connectivity index (χ1n) is 10.1. The van der Waals surface area contributed by atoms with Crippen LogP contribution in [0.25, 0.3) is 16.8 Å². The third kappa shape index (κ3) is 3.92. The molecule has 9 heteroatoms. The highest BCUT2D eigenvalue weighted by atomic mass is 35.5. The number of hydrogen-bond acceptors (Lipinski definition) is 7. The van der Waals surface area contributed by atoms with Crippen LogP contribution in [0, 0.1) is 23.2 Å². The summed E-state index contributed by atoms with van der Waals surface area (Å²) in [5.41, 5.74) is 7.65. The van der Waals surface area contributed by atoms with E-state index < -0.39 is 5.60 Å². The summed E-state index contributed by atoms with van der Waals surface area (Å²) in [5, 5.41) is 24.2. The van der Waals surface area contributed by atoms with Crippen molar-refractivity contribution < 1.29 is 9.84 Å². The second-order valence-electron chi connectivity index (χ2n) is 8.85. The molecule has 0 amide bonds. The van der Waals surface area contributed by atoms with Crippen molar-refractivity contribution in [3.05, 3.63) is 42.2 Å². The number of nitriles is 1. The first kappa shape index (κ1) is 21.4. The Balaban J connectivity index is 0.00000231. The lowest BCUT2D eigenvalue weighted by atomic mass is 10.1. The monoisotopic (exact) mass is 440 g/mol. The Labute approximate surface area is 186 Å². The molecule has 1 aliphatic carbocycles. The molecule has 0 spiro atoms. The van der Waals surface area contributed by atoms with Crippen LogP contribution in [0.3, 0.4) is 0 Å². The van der Waals surface area contributed by atoms with Crippen LogP contribution in [-0.4, -0.2) is 51.0 Å². The number of rotatable bonds is 5. The number of fused-ring (bicyclic) bond motifs is 2. The van der Waals surface area contributed by atoms with Gasteiger partial charge < -0.3 is 20.5 Å². The van der Waals surface area contributed by atoms with Crippen LogP contribution in [0.2, 0.25) is 0 Å². The van der Waals surface area contributed by atoms with E-state index in [1.165, 1.54) is 0 Å². The number of piperidine rings is 1. The molecule has 2 aliphatic rings. The Kier molecular flexibility index (Phi) is 5.30. The van der Waals surface area contributed by atoms with E-state index >= 15 is 0 Å². The molecule has 162 valence electrons. The second-order valence-corrected chi connectivity index (χ2v) is 8.85. The Morgan fingerprint density at radius 1 is 1.26 bits per heavy atom. The molecule has 0 radical (unpaired) electrons. The van der Waals surface area contributed by atoms with E-state index in [0.29, 0.717) is 40.4 Å². The summed E-state index contributed by atoms with van der Waals surface area (Å²) in [4.78, 5) is 6.88. The van der Waals surface area contributed by atoms with E-state index in [2.05, 4.69) is 21.1 Å². The van der Waals surface area contributed by atoms with Crippen molar-refractivity contribution in [2.24, 2.45) is 17.6 Å². The van der Waals surface area contributed by atoms with Gasteiger partial charge in [-0.2, -0.15) is 10.4 Å². The fourth-order valence-corrected chi connectivity index (χ4v) is 4.16. The highest BCUT2D eigenvalue weighted by Crippen LogP contribution is 2.45. The molecule has 1 aliphatic heterocycles. The zero-order valence-corrected chi connectivity index (χ0v) is 18.2. The average molecular weight is 441 g/mol.